The van der Waals surface area contributed by atoms with Gasteiger partial charge in [0.25, 0.3) is 0 Å². The van der Waals surface area contributed by atoms with E-state index in [0.29, 0.717) is 13.0 Å². The molecule has 0 spiro atoms. The monoisotopic (exact) mass is 244 g/mol. The highest BCUT2D eigenvalue weighted by molar-refractivity contribution is 8.00. The quantitative estimate of drug-likeness (QED) is 0.531. The lowest BCUT2D eigenvalue weighted by Gasteiger charge is -2.16. The van der Waals surface area contributed by atoms with E-state index in [1.165, 1.54) is 0 Å². The number of esters is 1. The van der Waals surface area contributed by atoms with Crippen LogP contribution in [0.4, 0.5) is 0 Å². The van der Waals surface area contributed by atoms with E-state index in [4.69, 9.17) is 4.74 Å². The number of ether oxygens (including phenoxy) is 1. The number of carbonyl (C=O) groups excluding carboxylic acids is 2. The van der Waals surface area contributed by atoms with E-state index in [1.54, 1.807) is 18.7 Å². The van der Waals surface area contributed by atoms with Crippen LogP contribution in [-0.4, -0.2) is 29.4 Å². The lowest BCUT2D eigenvalue weighted by Crippen LogP contribution is -2.32. The lowest BCUT2D eigenvalue weighted by molar-refractivity contribution is -0.151. The van der Waals surface area contributed by atoms with E-state index >= 15 is 0 Å². The van der Waals surface area contributed by atoms with Gasteiger partial charge in [0.15, 0.2) is 5.78 Å². The van der Waals surface area contributed by atoms with Crippen LogP contribution in [0.1, 0.15) is 39.5 Å². The minimum atomic E-state index is -0.527. The number of ketones is 1. The van der Waals surface area contributed by atoms with Gasteiger partial charge in [-0.1, -0.05) is 13.3 Å². The Balaban J connectivity index is 2.60. The summed E-state index contributed by atoms with van der Waals surface area (Å²) < 4.78 is 4.97. The summed E-state index contributed by atoms with van der Waals surface area (Å²) in [5.41, 5.74) is 0. The van der Waals surface area contributed by atoms with Crippen molar-refractivity contribution in [1.29, 1.82) is 0 Å². The predicted octanol–water partition coefficient (Wildman–Crippen LogP) is 2.43. The third kappa shape index (κ3) is 3.51. The molecule has 0 aromatic heterocycles. The van der Waals surface area contributed by atoms with Gasteiger partial charge < -0.3 is 4.74 Å². The van der Waals surface area contributed by atoms with Crippen molar-refractivity contribution in [2.45, 2.75) is 44.8 Å². The summed E-state index contributed by atoms with van der Waals surface area (Å²) in [5.74, 6) is 0.267. The molecule has 2 unspecified atom stereocenters. The van der Waals surface area contributed by atoms with E-state index in [-0.39, 0.29) is 17.0 Å². The molecule has 1 rings (SSSR count). The zero-order chi connectivity index (χ0) is 12.0. The van der Waals surface area contributed by atoms with Crippen molar-refractivity contribution in [2.75, 3.05) is 12.4 Å². The van der Waals surface area contributed by atoms with Crippen molar-refractivity contribution >= 4 is 23.5 Å². The largest absolute Gasteiger partial charge is 0.465 e. The van der Waals surface area contributed by atoms with E-state index in [1.807, 2.05) is 6.92 Å². The fourth-order valence-corrected chi connectivity index (χ4v) is 3.21. The van der Waals surface area contributed by atoms with E-state index in [2.05, 4.69) is 0 Å². The van der Waals surface area contributed by atoms with Gasteiger partial charge in [-0.05, 0) is 31.9 Å². The van der Waals surface area contributed by atoms with Gasteiger partial charge in [-0.3, -0.25) is 9.59 Å². The average Bonchev–Trinajstić information content (AvgIpc) is 2.78. The maximum Gasteiger partial charge on any atom is 0.316 e. The second-order valence-electron chi connectivity index (χ2n) is 4.00. The number of rotatable bonds is 6. The summed E-state index contributed by atoms with van der Waals surface area (Å²) in [7, 11) is 0. The van der Waals surface area contributed by atoms with Crippen molar-refractivity contribution < 1.29 is 14.3 Å². The topological polar surface area (TPSA) is 43.4 Å². The van der Waals surface area contributed by atoms with Gasteiger partial charge in [-0.25, -0.2) is 0 Å². The van der Waals surface area contributed by atoms with Crippen molar-refractivity contribution in [3.05, 3.63) is 0 Å². The summed E-state index contributed by atoms with van der Waals surface area (Å²) in [6, 6.07) is 0. The fraction of sp³-hybridized carbons (Fsp3) is 0.833. The van der Waals surface area contributed by atoms with E-state index in [9.17, 15) is 9.59 Å². The van der Waals surface area contributed by atoms with Crippen LogP contribution in [0.15, 0.2) is 0 Å². The third-order valence-electron chi connectivity index (χ3n) is 2.74. The van der Waals surface area contributed by atoms with E-state index < -0.39 is 5.92 Å². The number of carbonyl (C=O) groups is 2. The zero-order valence-electron chi connectivity index (χ0n) is 10.0. The van der Waals surface area contributed by atoms with Crippen molar-refractivity contribution in [3.63, 3.8) is 0 Å². The van der Waals surface area contributed by atoms with Crippen LogP contribution in [-0.2, 0) is 14.3 Å². The first-order valence-corrected chi connectivity index (χ1v) is 7.07. The maximum absolute atomic E-state index is 12.1. The van der Waals surface area contributed by atoms with Crippen molar-refractivity contribution in [2.24, 2.45) is 5.92 Å². The Morgan fingerprint density at radius 3 is 2.69 bits per heavy atom. The molecule has 1 fully saturated rings. The van der Waals surface area contributed by atoms with Crippen molar-refractivity contribution in [3.8, 4) is 0 Å². The van der Waals surface area contributed by atoms with Gasteiger partial charge in [0.2, 0.25) is 0 Å². The Morgan fingerprint density at radius 1 is 1.44 bits per heavy atom. The molecule has 1 saturated heterocycles. The van der Waals surface area contributed by atoms with Gasteiger partial charge >= 0.3 is 5.97 Å². The summed E-state index contributed by atoms with van der Waals surface area (Å²) in [5, 5.41) is 0.0287. The highest BCUT2D eigenvalue weighted by Crippen LogP contribution is 2.30. The molecule has 0 N–H and O–H groups in total. The summed E-state index contributed by atoms with van der Waals surface area (Å²) >= 11 is 1.68. The Bertz CT molecular complexity index is 247. The maximum atomic E-state index is 12.1. The molecule has 0 bridgehead atoms. The van der Waals surface area contributed by atoms with Gasteiger partial charge in [-0.2, -0.15) is 11.8 Å². The van der Waals surface area contributed by atoms with Crippen LogP contribution in [0.2, 0.25) is 0 Å². The van der Waals surface area contributed by atoms with Crippen LogP contribution >= 0.6 is 11.8 Å². The predicted molar refractivity (Wildman–Crippen MR) is 65.5 cm³/mol. The molecule has 16 heavy (non-hydrogen) atoms. The first kappa shape index (κ1) is 13.6. The number of Topliss-reactive ketones (excluding diaryl/α,β-unsaturated/α-hetero) is 1. The van der Waals surface area contributed by atoms with Crippen LogP contribution in [0.5, 0.6) is 0 Å². The molecule has 0 amide bonds. The molecule has 0 aromatic rings. The number of thioether (sulfide) groups is 1. The molecule has 0 aromatic carbocycles. The molecule has 0 saturated carbocycles. The first-order valence-electron chi connectivity index (χ1n) is 6.02. The van der Waals surface area contributed by atoms with Gasteiger partial charge in [-0.15, -0.1) is 0 Å². The first-order chi connectivity index (χ1) is 7.70. The minimum Gasteiger partial charge on any atom is -0.465 e. The normalized spacial score (nSPS) is 21.8. The molecule has 1 aliphatic heterocycles. The molecule has 1 heterocycles. The Hall–Kier alpha value is -0.510. The van der Waals surface area contributed by atoms with E-state index in [0.717, 1.165) is 25.0 Å². The number of hydrogen-bond donors (Lipinski definition) is 0. The fourth-order valence-electron chi connectivity index (χ4n) is 1.93. The Kier molecular flexibility index (Phi) is 5.88. The average molecular weight is 244 g/mol. The van der Waals surface area contributed by atoms with Crippen LogP contribution < -0.4 is 0 Å². The molecule has 3 nitrogen and oxygen atoms in total. The summed E-state index contributed by atoms with van der Waals surface area (Å²) in [6.45, 7) is 4.11. The molecule has 4 heteroatoms. The van der Waals surface area contributed by atoms with Gasteiger partial charge in [0, 0.05) is 0 Å². The SMILES string of the molecule is CCCC(C(=O)OCC)C(=O)C1CCCS1. The minimum absolute atomic E-state index is 0.0287. The molecule has 1 aliphatic rings. The Morgan fingerprint density at radius 2 is 2.19 bits per heavy atom. The molecular formula is C12H20O3S. The third-order valence-corrected chi connectivity index (χ3v) is 4.13. The number of hydrogen-bond acceptors (Lipinski definition) is 4. The highest BCUT2D eigenvalue weighted by Gasteiger charge is 2.34. The molecule has 2 atom stereocenters. The highest BCUT2D eigenvalue weighted by atomic mass is 32.2. The van der Waals surface area contributed by atoms with Crippen molar-refractivity contribution in [1.82, 2.24) is 0 Å². The standard InChI is InChI=1S/C12H20O3S/c1-3-6-9(12(14)15-4-2)11(13)10-7-5-8-16-10/h9-10H,3-8H2,1-2H3. The van der Waals surface area contributed by atoms with Crippen LogP contribution in [0, 0.1) is 5.92 Å². The molecular weight excluding hydrogens is 224 g/mol. The summed E-state index contributed by atoms with van der Waals surface area (Å²) in [4.78, 5) is 23.8. The zero-order valence-corrected chi connectivity index (χ0v) is 10.8. The second kappa shape index (κ2) is 6.94. The molecule has 0 radical (unpaired) electrons. The van der Waals surface area contributed by atoms with Crippen LogP contribution in [0.3, 0.4) is 0 Å². The second-order valence-corrected chi connectivity index (χ2v) is 5.31. The molecule has 92 valence electrons. The summed E-state index contributed by atoms with van der Waals surface area (Å²) in [6.07, 6.45) is 3.47. The van der Waals surface area contributed by atoms with Gasteiger partial charge in [0.05, 0.1) is 11.9 Å². The van der Waals surface area contributed by atoms with Crippen LogP contribution in [0.25, 0.3) is 0 Å². The Labute approximate surface area is 101 Å². The molecule has 0 aliphatic carbocycles. The van der Waals surface area contributed by atoms with Gasteiger partial charge in [0.1, 0.15) is 5.92 Å². The lowest BCUT2D eigenvalue weighted by atomic mass is 9.95. The smallest absolute Gasteiger partial charge is 0.316 e.